The molecule has 6 heteroatoms. The molecule has 0 aliphatic rings. The van der Waals surface area contributed by atoms with Crippen LogP contribution in [0, 0.1) is 0 Å². The van der Waals surface area contributed by atoms with E-state index in [1.165, 1.54) is 6.07 Å². The minimum absolute atomic E-state index is 0.0466. The average Bonchev–Trinajstić information content (AvgIpc) is 2.77. The second-order valence-corrected chi connectivity index (χ2v) is 4.56. The average molecular weight is 272 g/mol. The third-order valence-corrected chi connectivity index (χ3v) is 2.99. The number of fused-ring (bicyclic) bond motifs is 1. The van der Waals surface area contributed by atoms with Gasteiger partial charge in [0.1, 0.15) is 5.52 Å². The molecular weight excluding hydrogens is 257 g/mol. The highest BCUT2D eigenvalue weighted by Crippen LogP contribution is 2.32. The van der Waals surface area contributed by atoms with E-state index in [9.17, 15) is 13.2 Å². The molecule has 1 heterocycles. The Hall–Kier alpha value is -1.56. The summed E-state index contributed by atoms with van der Waals surface area (Å²) in [4.78, 5) is 4.13. The zero-order valence-electron chi connectivity index (χ0n) is 10.5. The molecule has 0 radical (unpaired) electrons. The van der Waals surface area contributed by atoms with E-state index in [4.69, 9.17) is 10.2 Å². The molecule has 104 valence electrons. The first-order valence-corrected chi connectivity index (χ1v) is 6.09. The number of oxazole rings is 1. The number of hydrogen-bond donors (Lipinski definition) is 1. The maximum atomic E-state index is 12.6. The van der Waals surface area contributed by atoms with Crippen molar-refractivity contribution in [1.29, 1.82) is 0 Å². The van der Waals surface area contributed by atoms with Crippen LogP contribution in [-0.4, -0.2) is 11.5 Å². The summed E-state index contributed by atoms with van der Waals surface area (Å²) in [6.45, 7) is 2.49. The summed E-state index contributed by atoms with van der Waals surface area (Å²) in [6, 6.07) is 3.32. The maximum Gasteiger partial charge on any atom is 0.416 e. The van der Waals surface area contributed by atoms with Crippen molar-refractivity contribution in [2.75, 3.05) is 6.54 Å². The van der Waals surface area contributed by atoms with Crippen molar-refractivity contribution in [3.63, 3.8) is 0 Å². The van der Waals surface area contributed by atoms with E-state index < -0.39 is 11.7 Å². The number of halogens is 3. The Bertz CT molecular complexity index is 563. The number of alkyl halides is 3. The second-order valence-electron chi connectivity index (χ2n) is 4.56. The van der Waals surface area contributed by atoms with Crippen LogP contribution in [-0.2, 0) is 6.18 Å². The normalized spacial score (nSPS) is 13.9. The first-order valence-electron chi connectivity index (χ1n) is 6.09. The number of nitrogens with two attached hydrogens (primary N) is 1. The molecule has 3 nitrogen and oxygen atoms in total. The molecule has 0 saturated heterocycles. The smallest absolute Gasteiger partial charge is 0.416 e. The van der Waals surface area contributed by atoms with Crippen LogP contribution in [0.2, 0.25) is 0 Å². The second kappa shape index (κ2) is 5.21. The van der Waals surface area contributed by atoms with Gasteiger partial charge < -0.3 is 10.2 Å². The molecule has 0 aliphatic heterocycles. The van der Waals surface area contributed by atoms with Gasteiger partial charge in [-0.25, -0.2) is 4.98 Å². The predicted molar refractivity (Wildman–Crippen MR) is 65.7 cm³/mol. The Labute approximate surface area is 108 Å². The molecule has 2 N–H and O–H groups in total. The van der Waals surface area contributed by atoms with Crippen molar-refractivity contribution in [3.05, 3.63) is 29.7 Å². The van der Waals surface area contributed by atoms with Gasteiger partial charge in [0.05, 0.1) is 5.56 Å². The van der Waals surface area contributed by atoms with Crippen LogP contribution >= 0.6 is 0 Å². The summed E-state index contributed by atoms with van der Waals surface area (Å²) < 4.78 is 43.2. The number of benzene rings is 1. The predicted octanol–water partition coefficient (Wildman–Crippen LogP) is 3.69. The van der Waals surface area contributed by atoms with Gasteiger partial charge in [-0.3, -0.25) is 0 Å². The van der Waals surface area contributed by atoms with E-state index in [-0.39, 0.29) is 11.4 Å². The highest BCUT2D eigenvalue weighted by molar-refractivity contribution is 5.73. The lowest BCUT2D eigenvalue weighted by atomic mass is 10.1. The third kappa shape index (κ3) is 3.07. The van der Waals surface area contributed by atoms with Crippen LogP contribution in [0.5, 0.6) is 0 Å². The minimum Gasteiger partial charge on any atom is -0.440 e. The van der Waals surface area contributed by atoms with E-state index in [1.54, 1.807) is 0 Å². The largest absolute Gasteiger partial charge is 0.440 e. The Morgan fingerprint density at radius 3 is 2.74 bits per heavy atom. The summed E-state index contributed by atoms with van der Waals surface area (Å²) in [5, 5.41) is 0. The first-order chi connectivity index (χ1) is 8.91. The quantitative estimate of drug-likeness (QED) is 0.923. The lowest BCUT2D eigenvalue weighted by molar-refractivity contribution is -0.137. The van der Waals surface area contributed by atoms with Crippen molar-refractivity contribution in [3.8, 4) is 0 Å². The standard InChI is InChI=1S/C13H15F3N2O/c1-8(3-2-6-17)12-18-10-7-9(13(14,15)16)4-5-11(10)19-12/h4-5,7-8H,2-3,6,17H2,1H3. The van der Waals surface area contributed by atoms with E-state index in [1.807, 2.05) is 6.92 Å². The van der Waals surface area contributed by atoms with Gasteiger partial charge in [0.25, 0.3) is 0 Å². The maximum absolute atomic E-state index is 12.6. The van der Waals surface area contributed by atoms with E-state index in [0.29, 0.717) is 18.0 Å². The van der Waals surface area contributed by atoms with Crippen LogP contribution in [0.25, 0.3) is 11.1 Å². The fourth-order valence-corrected chi connectivity index (χ4v) is 1.88. The Kier molecular flexibility index (Phi) is 3.80. The van der Waals surface area contributed by atoms with Crippen molar-refractivity contribution >= 4 is 11.1 Å². The topological polar surface area (TPSA) is 52.0 Å². The molecule has 1 atom stereocenters. The molecule has 2 aromatic rings. The molecule has 0 aliphatic carbocycles. The molecule has 0 bridgehead atoms. The van der Waals surface area contributed by atoms with Gasteiger partial charge in [0.2, 0.25) is 0 Å². The third-order valence-electron chi connectivity index (χ3n) is 2.99. The molecule has 0 spiro atoms. The monoisotopic (exact) mass is 272 g/mol. The number of aromatic nitrogens is 1. The SMILES string of the molecule is CC(CCCN)c1nc2cc(C(F)(F)F)ccc2o1. The van der Waals surface area contributed by atoms with E-state index in [2.05, 4.69) is 4.98 Å². The zero-order chi connectivity index (χ0) is 14.0. The molecule has 0 saturated carbocycles. The Morgan fingerprint density at radius 2 is 2.11 bits per heavy atom. The number of hydrogen-bond acceptors (Lipinski definition) is 3. The fourth-order valence-electron chi connectivity index (χ4n) is 1.88. The summed E-state index contributed by atoms with van der Waals surface area (Å²) >= 11 is 0. The van der Waals surface area contributed by atoms with E-state index >= 15 is 0 Å². The minimum atomic E-state index is -4.36. The lowest BCUT2D eigenvalue weighted by Crippen LogP contribution is -2.04. The lowest BCUT2D eigenvalue weighted by Gasteiger charge is -2.04. The molecule has 0 amide bonds. The molecule has 1 aromatic heterocycles. The van der Waals surface area contributed by atoms with Crippen molar-refractivity contribution in [2.24, 2.45) is 5.73 Å². The summed E-state index contributed by atoms with van der Waals surface area (Å²) in [7, 11) is 0. The van der Waals surface area contributed by atoms with Gasteiger partial charge in [0, 0.05) is 5.92 Å². The van der Waals surface area contributed by atoms with Gasteiger partial charge in [-0.05, 0) is 37.6 Å². The van der Waals surface area contributed by atoms with Gasteiger partial charge >= 0.3 is 6.18 Å². The summed E-state index contributed by atoms with van der Waals surface area (Å²) in [5.41, 5.74) is 5.33. The van der Waals surface area contributed by atoms with Gasteiger partial charge in [0.15, 0.2) is 11.5 Å². The van der Waals surface area contributed by atoms with Crippen molar-refractivity contribution in [2.45, 2.75) is 31.9 Å². The molecule has 19 heavy (non-hydrogen) atoms. The zero-order valence-corrected chi connectivity index (χ0v) is 10.5. The molecular formula is C13H15F3N2O. The van der Waals surface area contributed by atoms with Crippen molar-refractivity contribution in [1.82, 2.24) is 4.98 Å². The number of nitrogens with zero attached hydrogens (tertiary/aromatic N) is 1. The van der Waals surface area contributed by atoms with Crippen LogP contribution in [0.3, 0.4) is 0 Å². The Balaban J connectivity index is 2.30. The summed E-state index contributed by atoms with van der Waals surface area (Å²) in [6.07, 6.45) is -2.73. The number of rotatable bonds is 4. The molecule has 2 rings (SSSR count). The van der Waals surface area contributed by atoms with Gasteiger partial charge in [-0.2, -0.15) is 13.2 Å². The molecule has 0 fully saturated rings. The van der Waals surface area contributed by atoms with Crippen molar-refractivity contribution < 1.29 is 17.6 Å². The van der Waals surface area contributed by atoms with Crippen LogP contribution in [0.15, 0.2) is 22.6 Å². The molecule has 1 aromatic carbocycles. The Morgan fingerprint density at radius 1 is 1.37 bits per heavy atom. The first kappa shape index (κ1) is 13.9. The van der Waals surface area contributed by atoms with Crippen LogP contribution < -0.4 is 5.73 Å². The fraction of sp³-hybridized carbons (Fsp3) is 0.462. The summed E-state index contributed by atoms with van der Waals surface area (Å²) in [5.74, 6) is 0.507. The van der Waals surface area contributed by atoms with Crippen LogP contribution in [0.4, 0.5) is 13.2 Å². The van der Waals surface area contributed by atoms with E-state index in [0.717, 1.165) is 25.0 Å². The molecule has 1 unspecified atom stereocenters. The highest BCUT2D eigenvalue weighted by atomic mass is 19.4. The van der Waals surface area contributed by atoms with Gasteiger partial charge in [-0.15, -0.1) is 0 Å². The van der Waals surface area contributed by atoms with Gasteiger partial charge in [-0.1, -0.05) is 6.92 Å². The van der Waals surface area contributed by atoms with Crippen LogP contribution in [0.1, 0.15) is 37.1 Å². The highest BCUT2D eigenvalue weighted by Gasteiger charge is 2.31.